The van der Waals surface area contributed by atoms with Crippen molar-refractivity contribution in [1.82, 2.24) is 5.32 Å². The maximum atomic E-state index is 13.2. The fraction of sp³-hybridized carbons (Fsp3) is 0.607. The van der Waals surface area contributed by atoms with Crippen LogP contribution in [0.2, 0.25) is 0 Å². The molecular formula is C56H91NO5. The maximum absolute atomic E-state index is 13.2. The van der Waals surface area contributed by atoms with Gasteiger partial charge in [-0.2, -0.15) is 0 Å². The van der Waals surface area contributed by atoms with E-state index in [1.165, 1.54) is 51.4 Å². The summed E-state index contributed by atoms with van der Waals surface area (Å²) >= 11 is 0. The third-order valence-corrected chi connectivity index (χ3v) is 10.3. The second kappa shape index (κ2) is 48.3. The number of allylic oxidation sites excluding steroid dienone is 19. The van der Waals surface area contributed by atoms with Crippen LogP contribution in [-0.4, -0.2) is 46.9 Å². The van der Waals surface area contributed by atoms with Gasteiger partial charge in [0.25, 0.3) is 0 Å². The highest BCUT2D eigenvalue weighted by molar-refractivity contribution is 5.77. The summed E-state index contributed by atoms with van der Waals surface area (Å²) in [7, 11) is 0. The minimum absolute atomic E-state index is 0.0313. The number of amides is 1. The topological polar surface area (TPSA) is 95.9 Å². The van der Waals surface area contributed by atoms with Crippen LogP contribution in [0.4, 0.5) is 0 Å². The fourth-order valence-corrected chi connectivity index (χ4v) is 6.60. The lowest BCUT2D eigenvalue weighted by atomic mass is 10.0. The smallest absolute Gasteiger partial charge is 0.306 e. The molecule has 0 spiro atoms. The predicted octanol–water partition coefficient (Wildman–Crippen LogP) is 14.9. The molecule has 0 rings (SSSR count). The zero-order valence-corrected chi connectivity index (χ0v) is 39.7. The lowest BCUT2D eigenvalue weighted by Crippen LogP contribution is -2.46. The number of hydrogen-bond acceptors (Lipinski definition) is 5. The van der Waals surface area contributed by atoms with Crippen molar-refractivity contribution in [3.05, 3.63) is 122 Å². The Kier molecular flexibility index (Phi) is 45.4. The molecule has 0 fully saturated rings. The first-order valence-electron chi connectivity index (χ1n) is 24.8. The zero-order valence-electron chi connectivity index (χ0n) is 39.7. The summed E-state index contributed by atoms with van der Waals surface area (Å²) in [5.41, 5.74) is 0. The van der Waals surface area contributed by atoms with Gasteiger partial charge in [-0.05, 0) is 83.5 Å². The second-order valence-corrected chi connectivity index (χ2v) is 16.1. The molecule has 0 aliphatic heterocycles. The monoisotopic (exact) mass is 858 g/mol. The van der Waals surface area contributed by atoms with E-state index in [1.54, 1.807) is 0 Å². The van der Waals surface area contributed by atoms with Crippen LogP contribution in [0.3, 0.4) is 0 Å². The van der Waals surface area contributed by atoms with Gasteiger partial charge in [0.05, 0.1) is 25.2 Å². The molecule has 0 aromatic carbocycles. The Hall–Kier alpha value is -3.74. The third kappa shape index (κ3) is 42.9. The van der Waals surface area contributed by atoms with Crippen LogP contribution in [0.5, 0.6) is 0 Å². The van der Waals surface area contributed by atoms with Crippen LogP contribution < -0.4 is 5.32 Å². The molecule has 3 N–H and O–H groups in total. The van der Waals surface area contributed by atoms with E-state index in [0.717, 1.165) is 89.9 Å². The third-order valence-electron chi connectivity index (χ3n) is 10.3. The number of esters is 1. The summed E-state index contributed by atoms with van der Waals surface area (Å²) in [6.07, 6.45) is 67.0. The van der Waals surface area contributed by atoms with Crippen molar-refractivity contribution >= 4 is 11.9 Å². The molecule has 0 aliphatic rings. The molecule has 3 atom stereocenters. The Bertz CT molecular complexity index is 1330. The molecule has 0 saturated carbocycles. The van der Waals surface area contributed by atoms with Crippen molar-refractivity contribution in [2.75, 3.05) is 6.61 Å². The van der Waals surface area contributed by atoms with Gasteiger partial charge in [0.1, 0.15) is 6.10 Å². The molecule has 350 valence electrons. The van der Waals surface area contributed by atoms with Crippen molar-refractivity contribution in [3.8, 4) is 0 Å². The number of aliphatic hydroxyl groups excluding tert-OH is 2. The van der Waals surface area contributed by atoms with E-state index in [9.17, 15) is 19.8 Å². The molecule has 3 unspecified atom stereocenters. The summed E-state index contributed by atoms with van der Waals surface area (Å²) in [5, 5.41) is 23.6. The van der Waals surface area contributed by atoms with Gasteiger partial charge in [0.2, 0.25) is 5.91 Å². The van der Waals surface area contributed by atoms with Gasteiger partial charge in [-0.15, -0.1) is 0 Å². The van der Waals surface area contributed by atoms with Gasteiger partial charge >= 0.3 is 5.97 Å². The van der Waals surface area contributed by atoms with E-state index in [1.807, 2.05) is 12.2 Å². The van der Waals surface area contributed by atoms with Gasteiger partial charge < -0.3 is 20.3 Å². The van der Waals surface area contributed by atoms with Crippen molar-refractivity contribution in [2.24, 2.45) is 0 Å². The van der Waals surface area contributed by atoms with Gasteiger partial charge in [-0.25, -0.2) is 0 Å². The molecule has 0 bridgehead atoms. The van der Waals surface area contributed by atoms with E-state index >= 15 is 0 Å². The molecule has 0 aromatic heterocycles. The SMILES string of the molecule is CC/C=C\C/C=C\C/C=C\C/C=C\C/C=C\CCCC(=O)OC(C/C=C\C/C=C\C/C=C\C/C=C\C/C=C\CC)CC(=O)NC(CO)C(O)CCCCCCCCCCCCC. The van der Waals surface area contributed by atoms with Gasteiger partial charge in [0.15, 0.2) is 0 Å². The minimum atomic E-state index is -0.828. The standard InChI is InChI=1S/C56H91NO5/c1-4-7-10-13-16-19-22-24-26-27-29-31-34-37-40-43-46-49-56(61)62-52(47-44-41-38-35-33-30-28-25-23-20-17-14-11-8-5-2)50-55(60)57-53(51-58)54(59)48-45-42-39-36-32-21-18-15-12-9-6-3/h7-8,10-11,16-17,19-20,24-26,28-29,31,33,35,37,40-41,44,52-54,58-59H,4-6,9,12-15,18,21-23,27,30,32,34,36,38-39,42-43,45-51H2,1-3H3,(H,57,60)/b10-7-,11-8-,19-16-,20-17-,26-24-,28-25-,31-29-,35-33-,40-37-,44-41-. The number of unbranched alkanes of at least 4 members (excludes halogenated alkanes) is 11. The van der Waals surface area contributed by atoms with Crippen LogP contribution in [0, 0.1) is 0 Å². The maximum Gasteiger partial charge on any atom is 0.306 e. The first-order valence-corrected chi connectivity index (χ1v) is 24.8. The summed E-state index contributed by atoms with van der Waals surface area (Å²) < 4.78 is 5.83. The molecule has 0 aromatic rings. The predicted molar refractivity (Wildman–Crippen MR) is 268 cm³/mol. The summed E-state index contributed by atoms with van der Waals surface area (Å²) in [5.74, 6) is -0.663. The molecular weight excluding hydrogens is 767 g/mol. The summed E-state index contributed by atoms with van der Waals surface area (Å²) in [6, 6.07) is -0.751. The Morgan fingerprint density at radius 3 is 1.31 bits per heavy atom. The van der Waals surface area contributed by atoms with Crippen LogP contribution in [0.25, 0.3) is 0 Å². The van der Waals surface area contributed by atoms with Crippen molar-refractivity contribution < 1.29 is 24.5 Å². The number of hydrogen-bond donors (Lipinski definition) is 3. The summed E-state index contributed by atoms with van der Waals surface area (Å²) in [6.45, 7) is 6.19. The molecule has 6 nitrogen and oxygen atoms in total. The lowest BCUT2D eigenvalue weighted by molar-refractivity contribution is -0.150. The number of nitrogens with one attached hydrogen (secondary N) is 1. The van der Waals surface area contributed by atoms with Crippen LogP contribution in [0.1, 0.15) is 194 Å². The van der Waals surface area contributed by atoms with Crippen LogP contribution in [0.15, 0.2) is 122 Å². The van der Waals surface area contributed by atoms with Gasteiger partial charge in [-0.3, -0.25) is 9.59 Å². The van der Waals surface area contributed by atoms with E-state index in [0.29, 0.717) is 19.3 Å². The number of carbonyl (C=O) groups is 2. The first-order chi connectivity index (χ1) is 30.5. The Labute approximate surface area is 380 Å². The van der Waals surface area contributed by atoms with E-state index in [-0.39, 0.29) is 31.3 Å². The second-order valence-electron chi connectivity index (χ2n) is 16.1. The van der Waals surface area contributed by atoms with Crippen molar-refractivity contribution in [3.63, 3.8) is 0 Å². The Balaban J connectivity index is 4.86. The molecule has 0 radical (unpaired) electrons. The normalized spacial score (nSPS) is 14.3. The molecule has 6 heteroatoms. The highest BCUT2D eigenvalue weighted by Gasteiger charge is 2.23. The molecule has 1 amide bonds. The van der Waals surface area contributed by atoms with Crippen LogP contribution >= 0.6 is 0 Å². The summed E-state index contributed by atoms with van der Waals surface area (Å²) in [4.78, 5) is 26.1. The molecule has 0 heterocycles. The van der Waals surface area contributed by atoms with E-state index in [2.05, 4.69) is 135 Å². The quantitative estimate of drug-likeness (QED) is 0.0323. The fourth-order valence-electron chi connectivity index (χ4n) is 6.60. The molecule has 0 saturated heterocycles. The Morgan fingerprint density at radius 1 is 0.500 bits per heavy atom. The van der Waals surface area contributed by atoms with Crippen molar-refractivity contribution in [1.29, 1.82) is 0 Å². The average molecular weight is 858 g/mol. The largest absolute Gasteiger partial charge is 0.461 e. The first kappa shape index (κ1) is 58.3. The highest BCUT2D eigenvalue weighted by Crippen LogP contribution is 2.15. The Morgan fingerprint density at radius 2 is 0.887 bits per heavy atom. The van der Waals surface area contributed by atoms with Crippen LogP contribution in [-0.2, 0) is 14.3 Å². The van der Waals surface area contributed by atoms with Gasteiger partial charge in [0, 0.05) is 12.8 Å². The number of aliphatic hydroxyl groups is 2. The van der Waals surface area contributed by atoms with Crippen molar-refractivity contribution in [2.45, 2.75) is 212 Å². The zero-order chi connectivity index (χ0) is 45.2. The van der Waals surface area contributed by atoms with E-state index < -0.39 is 18.2 Å². The van der Waals surface area contributed by atoms with E-state index in [4.69, 9.17) is 4.74 Å². The van der Waals surface area contributed by atoms with Gasteiger partial charge in [-0.1, -0.05) is 213 Å². The number of carbonyl (C=O) groups excluding carboxylic acids is 2. The minimum Gasteiger partial charge on any atom is -0.461 e. The molecule has 62 heavy (non-hydrogen) atoms. The average Bonchev–Trinajstić information content (AvgIpc) is 3.26. The lowest BCUT2D eigenvalue weighted by Gasteiger charge is -2.24. The highest BCUT2D eigenvalue weighted by atomic mass is 16.5. The number of rotatable bonds is 42. The number of ether oxygens (including phenoxy) is 1. The molecule has 0 aliphatic carbocycles.